The summed E-state index contributed by atoms with van der Waals surface area (Å²) in [4.78, 5) is 38.2. The third kappa shape index (κ3) is 4.89. The fourth-order valence-electron chi connectivity index (χ4n) is 3.08. The zero-order chi connectivity index (χ0) is 20.0. The molecule has 10 heteroatoms. The van der Waals surface area contributed by atoms with Crippen molar-refractivity contribution in [2.24, 2.45) is 11.7 Å². The number of carbonyl (C=O) groups excluding carboxylic acids is 2. The van der Waals surface area contributed by atoms with Crippen molar-refractivity contribution in [3.05, 3.63) is 27.8 Å². The molecule has 2 amide bonds. The van der Waals surface area contributed by atoms with Crippen LogP contribution in [0.5, 0.6) is 5.75 Å². The molecule has 1 atom stereocenters. The molecule has 9 nitrogen and oxygen atoms in total. The first-order valence-electron chi connectivity index (χ1n) is 8.60. The van der Waals surface area contributed by atoms with Crippen molar-refractivity contribution < 1.29 is 19.2 Å². The molecule has 0 spiro atoms. The minimum absolute atomic E-state index is 0.00756. The lowest BCUT2D eigenvalue weighted by Gasteiger charge is -2.32. The molecule has 1 aromatic rings. The summed E-state index contributed by atoms with van der Waals surface area (Å²) in [5.74, 6) is -0.585. The third-order valence-corrected chi connectivity index (χ3v) is 5.21. The second-order valence-corrected chi connectivity index (χ2v) is 7.00. The average Bonchev–Trinajstić information content (AvgIpc) is 2.70. The maximum Gasteiger partial charge on any atom is 0.285 e. The topological polar surface area (TPSA) is 128 Å². The average molecular weight is 396 g/mol. The van der Waals surface area contributed by atoms with E-state index in [0.29, 0.717) is 43.1 Å². The predicted octanol–water partition coefficient (Wildman–Crippen LogP) is 1.25. The van der Waals surface area contributed by atoms with Crippen LogP contribution in [0.3, 0.4) is 0 Å². The van der Waals surface area contributed by atoms with Gasteiger partial charge >= 0.3 is 0 Å². The Morgan fingerprint density at radius 3 is 2.81 bits per heavy atom. The van der Waals surface area contributed by atoms with E-state index in [0.717, 1.165) is 0 Å². The molecule has 3 N–H and O–H groups in total. The number of nitrogens with two attached hydrogens (primary N) is 1. The minimum Gasteiger partial charge on any atom is -0.495 e. The van der Waals surface area contributed by atoms with Gasteiger partial charge < -0.3 is 20.7 Å². The van der Waals surface area contributed by atoms with E-state index in [4.69, 9.17) is 10.5 Å². The molecule has 1 fully saturated rings. The molecule has 0 aromatic heterocycles. The van der Waals surface area contributed by atoms with Gasteiger partial charge in [-0.25, -0.2) is 0 Å². The third-order valence-electron chi connectivity index (χ3n) is 4.45. The molecule has 1 aliphatic heterocycles. The van der Waals surface area contributed by atoms with Gasteiger partial charge in [0.05, 0.1) is 28.9 Å². The Labute approximate surface area is 161 Å². The predicted molar refractivity (Wildman–Crippen MR) is 102 cm³/mol. The monoisotopic (exact) mass is 396 g/mol. The Bertz CT molecular complexity index is 728. The molecule has 1 aromatic carbocycles. The highest BCUT2D eigenvalue weighted by atomic mass is 32.2. The van der Waals surface area contributed by atoms with Crippen LogP contribution in [-0.2, 0) is 4.79 Å². The fraction of sp³-hybridized carbons (Fsp3) is 0.529. The molecule has 0 bridgehead atoms. The highest BCUT2D eigenvalue weighted by molar-refractivity contribution is 7.98. The highest BCUT2D eigenvalue weighted by Crippen LogP contribution is 2.35. The number of hydrogen-bond donors (Lipinski definition) is 2. The van der Waals surface area contributed by atoms with Gasteiger partial charge in [-0.2, -0.15) is 0 Å². The minimum atomic E-state index is -0.588. The second-order valence-electron chi connectivity index (χ2n) is 6.15. The lowest BCUT2D eigenvalue weighted by molar-refractivity contribution is -0.385. The largest absolute Gasteiger partial charge is 0.495 e. The molecule has 0 aliphatic carbocycles. The van der Waals surface area contributed by atoms with E-state index in [9.17, 15) is 19.7 Å². The number of carbonyl (C=O) groups is 2. The van der Waals surface area contributed by atoms with Crippen LogP contribution in [0.1, 0.15) is 23.2 Å². The van der Waals surface area contributed by atoms with Crippen molar-refractivity contribution in [2.45, 2.75) is 17.7 Å². The van der Waals surface area contributed by atoms with Crippen molar-refractivity contribution in [1.82, 2.24) is 10.2 Å². The molecule has 1 heterocycles. The van der Waals surface area contributed by atoms with Crippen LogP contribution in [0.15, 0.2) is 17.0 Å². The van der Waals surface area contributed by atoms with E-state index in [1.54, 1.807) is 6.26 Å². The Kier molecular flexibility index (Phi) is 7.43. The fourth-order valence-corrected chi connectivity index (χ4v) is 3.66. The summed E-state index contributed by atoms with van der Waals surface area (Å²) in [6.07, 6.45) is 3.13. The van der Waals surface area contributed by atoms with Crippen molar-refractivity contribution in [3.63, 3.8) is 0 Å². The maximum absolute atomic E-state index is 13.0. The molecule has 1 aliphatic rings. The Hall–Kier alpha value is -2.33. The molecule has 27 heavy (non-hydrogen) atoms. The number of hydrogen-bond acceptors (Lipinski definition) is 7. The van der Waals surface area contributed by atoms with Gasteiger partial charge in [0.25, 0.3) is 11.6 Å². The first kappa shape index (κ1) is 21.0. The van der Waals surface area contributed by atoms with Crippen LogP contribution < -0.4 is 15.8 Å². The number of nitrogens with zero attached hydrogens (tertiary/aromatic N) is 2. The summed E-state index contributed by atoms with van der Waals surface area (Å²) in [5, 5.41) is 14.2. The van der Waals surface area contributed by atoms with Gasteiger partial charge in [0.2, 0.25) is 5.91 Å². The van der Waals surface area contributed by atoms with Gasteiger partial charge in [-0.1, -0.05) is 0 Å². The number of nitro groups is 1. The Morgan fingerprint density at radius 2 is 2.22 bits per heavy atom. The van der Waals surface area contributed by atoms with Crippen LogP contribution in [0.4, 0.5) is 5.69 Å². The number of nitro benzene ring substituents is 1. The van der Waals surface area contributed by atoms with Crippen molar-refractivity contribution in [2.75, 3.05) is 39.5 Å². The SMILES string of the molecule is COc1cc([N+](=O)[O-])c(C(=O)N2CCCC(C(=O)NCCN)C2)cc1SC. The van der Waals surface area contributed by atoms with Crippen LogP contribution in [-0.4, -0.2) is 61.2 Å². The molecule has 1 unspecified atom stereocenters. The summed E-state index contributed by atoms with van der Waals surface area (Å²) in [7, 11) is 1.43. The molecule has 2 rings (SSSR count). The normalized spacial score (nSPS) is 16.7. The summed E-state index contributed by atoms with van der Waals surface area (Å²) in [6, 6.07) is 2.76. The Morgan fingerprint density at radius 1 is 1.48 bits per heavy atom. The lowest BCUT2D eigenvalue weighted by atomic mass is 9.96. The van der Waals surface area contributed by atoms with Gasteiger partial charge in [-0.15, -0.1) is 11.8 Å². The summed E-state index contributed by atoms with van der Waals surface area (Å²) >= 11 is 1.34. The zero-order valence-corrected chi connectivity index (χ0v) is 16.2. The Balaban J connectivity index is 2.28. The van der Waals surface area contributed by atoms with E-state index in [-0.39, 0.29) is 29.6 Å². The maximum atomic E-state index is 13.0. The van der Waals surface area contributed by atoms with Crippen LogP contribution >= 0.6 is 11.8 Å². The van der Waals surface area contributed by atoms with Gasteiger partial charge in [0.1, 0.15) is 11.3 Å². The van der Waals surface area contributed by atoms with E-state index in [2.05, 4.69) is 5.32 Å². The van der Waals surface area contributed by atoms with Crippen molar-refractivity contribution in [3.8, 4) is 5.75 Å². The van der Waals surface area contributed by atoms with E-state index < -0.39 is 10.8 Å². The zero-order valence-electron chi connectivity index (χ0n) is 15.4. The van der Waals surface area contributed by atoms with E-state index in [1.165, 1.54) is 35.9 Å². The number of likely N-dealkylation sites (tertiary alicyclic amines) is 1. The molecule has 1 saturated heterocycles. The smallest absolute Gasteiger partial charge is 0.285 e. The number of amides is 2. The standard InChI is InChI=1S/C17H24N4O5S/c1-26-14-9-13(21(24)25)12(8-15(14)27-2)17(23)20-7-3-4-11(10-20)16(22)19-6-5-18/h8-9,11H,3-7,10,18H2,1-2H3,(H,19,22). The first-order valence-corrected chi connectivity index (χ1v) is 9.82. The quantitative estimate of drug-likeness (QED) is 0.403. The van der Waals surface area contributed by atoms with Gasteiger partial charge in [-0.05, 0) is 25.2 Å². The van der Waals surface area contributed by atoms with Crippen LogP contribution in [0, 0.1) is 16.0 Å². The van der Waals surface area contributed by atoms with Gasteiger partial charge in [0, 0.05) is 26.2 Å². The number of nitrogens with one attached hydrogen (secondary N) is 1. The summed E-state index contributed by atoms with van der Waals surface area (Å²) < 4.78 is 5.18. The molecule has 0 radical (unpaired) electrons. The van der Waals surface area contributed by atoms with E-state index >= 15 is 0 Å². The van der Waals surface area contributed by atoms with E-state index in [1.807, 2.05) is 0 Å². The molecular weight excluding hydrogens is 372 g/mol. The number of piperidine rings is 1. The highest BCUT2D eigenvalue weighted by Gasteiger charge is 2.32. The summed E-state index contributed by atoms with van der Waals surface area (Å²) in [5.41, 5.74) is 5.10. The molecule has 148 valence electrons. The molecular formula is C17H24N4O5S. The summed E-state index contributed by atoms with van der Waals surface area (Å²) in [6.45, 7) is 1.41. The lowest BCUT2D eigenvalue weighted by Crippen LogP contribution is -2.46. The molecule has 0 saturated carbocycles. The second kappa shape index (κ2) is 9.56. The number of thioether (sulfide) groups is 1. The van der Waals surface area contributed by atoms with Crippen molar-refractivity contribution in [1.29, 1.82) is 0 Å². The number of methoxy groups -OCH3 is 1. The van der Waals surface area contributed by atoms with Crippen molar-refractivity contribution >= 4 is 29.3 Å². The first-order chi connectivity index (χ1) is 12.9. The van der Waals surface area contributed by atoms with Crippen LogP contribution in [0.2, 0.25) is 0 Å². The van der Waals surface area contributed by atoms with Gasteiger partial charge in [0.15, 0.2) is 0 Å². The number of ether oxygens (including phenoxy) is 1. The number of rotatable bonds is 7. The van der Waals surface area contributed by atoms with Gasteiger partial charge in [-0.3, -0.25) is 19.7 Å². The van der Waals surface area contributed by atoms with Crippen LogP contribution in [0.25, 0.3) is 0 Å². The number of benzene rings is 1.